The first kappa shape index (κ1) is 15.8. The van der Waals surface area contributed by atoms with E-state index in [0.717, 1.165) is 19.8 Å². The summed E-state index contributed by atoms with van der Waals surface area (Å²) in [5, 5.41) is 19.4. The predicted octanol–water partition coefficient (Wildman–Crippen LogP) is 1.48. The van der Waals surface area contributed by atoms with Gasteiger partial charge in [-0.25, -0.2) is 0 Å². The Kier molecular flexibility index (Phi) is 3.24. The van der Waals surface area contributed by atoms with E-state index in [1.54, 1.807) is 10.9 Å². The van der Waals surface area contributed by atoms with Gasteiger partial charge >= 0.3 is 6.18 Å². The highest BCUT2D eigenvalue weighted by Crippen LogP contribution is 2.44. The average molecular weight is 353 g/mol. The Morgan fingerprint density at radius 1 is 1.36 bits per heavy atom. The van der Waals surface area contributed by atoms with Crippen LogP contribution < -0.4 is 5.32 Å². The van der Waals surface area contributed by atoms with Crippen LogP contribution in [0.1, 0.15) is 43.6 Å². The molecule has 2 N–H and O–H groups in total. The van der Waals surface area contributed by atoms with E-state index < -0.39 is 24.0 Å². The van der Waals surface area contributed by atoms with E-state index in [0.29, 0.717) is 5.56 Å². The maximum absolute atomic E-state index is 13.5. The first-order valence-corrected chi connectivity index (χ1v) is 7.69. The zero-order chi connectivity index (χ0) is 17.8. The molecule has 8 nitrogen and oxygen atoms in total. The minimum absolute atomic E-state index is 0.0224. The number of halogens is 3. The molecule has 1 fully saturated rings. The van der Waals surface area contributed by atoms with Crippen molar-refractivity contribution in [2.45, 2.75) is 43.9 Å². The molecule has 0 saturated heterocycles. The maximum Gasteiger partial charge on any atom is 0.411 e. The second-order valence-electron chi connectivity index (χ2n) is 6.49. The standard InChI is InChI=1S/C14H14F3N7O/c1-13(14(15,16)17)4-9(7-5-18-24(6-7)8-2-3-8)10(12(25)19-13)11-20-22-23-21-11/h5-6,8H,2-4H2,1H3,(H,19,25)(H,20,21,22,23). The van der Waals surface area contributed by atoms with Gasteiger partial charge in [0.05, 0.1) is 17.8 Å². The maximum atomic E-state index is 13.5. The monoisotopic (exact) mass is 353 g/mol. The second-order valence-corrected chi connectivity index (χ2v) is 6.49. The minimum Gasteiger partial charge on any atom is -0.338 e. The highest BCUT2D eigenvalue weighted by atomic mass is 19.4. The number of amides is 1. The lowest BCUT2D eigenvalue weighted by molar-refractivity contribution is -0.191. The Morgan fingerprint density at radius 2 is 2.12 bits per heavy atom. The van der Waals surface area contributed by atoms with Gasteiger partial charge < -0.3 is 5.32 Å². The van der Waals surface area contributed by atoms with Crippen LogP contribution in [0.3, 0.4) is 0 Å². The third-order valence-electron chi connectivity index (χ3n) is 4.51. The number of aromatic nitrogens is 6. The van der Waals surface area contributed by atoms with E-state index >= 15 is 0 Å². The van der Waals surface area contributed by atoms with Gasteiger partial charge in [-0.3, -0.25) is 9.48 Å². The lowest BCUT2D eigenvalue weighted by Gasteiger charge is -2.37. The molecule has 3 heterocycles. The van der Waals surface area contributed by atoms with Crippen molar-refractivity contribution in [3.8, 4) is 0 Å². The van der Waals surface area contributed by atoms with E-state index in [4.69, 9.17) is 0 Å². The molecule has 1 unspecified atom stereocenters. The molecule has 1 aliphatic heterocycles. The number of tetrazole rings is 1. The van der Waals surface area contributed by atoms with Crippen LogP contribution in [0.15, 0.2) is 12.4 Å². The molecule has 0 bridgehead atoms. The zero-order valence-electron chi connectivity index (χ0n) is 13.1. The number of alkyl halides is 3. The molecule has 11 heteroatoms. The first-order chi connectivity index (χ1) is 11.8. The summed E-state index contributed by atoms with van der Waals surface area (Å²) >= 11 is 0. The number of H-pyrrole nitrogens is 1. The highest BCUT2D eigenvalue weighted by molar-refractivity contribution is 6.27. The number of carbonyl (C=O) groups is 1. The number of hydrogen-bond donors (Lipinski definition) is 2. The predicted molar refractivity (Wildman–Crippen MR) is 78.7 cm³/mol. The highest BCUT2D eigenvalue weighted by Gasteiger charge is 2.55. The summed E-state index contributed by atoms with van der Waals surface area (Å²) in [4.78, 5) is 12.5. The molecule has 0 spiro atoms. The van der Waals surface area contributed by atoms with Gasteiger partial charge in [-0.1, -0.05) is 0 Å². The number of nitrogens with zero attached hydrogens (tertiary/aromatic N) is 5. The van der Waals surface area contributed by atoms with Crippen LogP contribution in [-0.4, -0.2) is 48.0 Å². The summed E-state index contributed by atoms with van der Waals surface area (Å²) < 4.78 is 42.2. The molecule has 0 radical (unpaired) electrons. The Morgan fingerprint density at radius 3 is 2.72 bits per heavy atom. The molecule has 1 atom stereocenters. The lowest BCUT2D eigenvalue weighted by atomic mass is 9.82. The molecular formula is C14H14F3N7O. The molecular weight excluding hydrogens is 339 g/mol. The lowest BCUT2D eigenvalue weighted by Crippen LogP contribution is -2.59. The van der Waals surface area contributed by atoms with Crippen molar-refractivity contribution < 1.29 is 18.0 Å². The summed E-state index contributed by atoms with van der Waals surface area (Å²) in [6.45, 7) is 0.962. The summed E-state index contributed by atoms with van der Waals surface area (Å²) in [6, 6.07) is 0.273. The quantitative estimate of drug-likeness (QED) is 0.870. The Balaban J connectivity index is 1.85. The molecule has 2 aromatic rings. The van der Waals surface area contributed by atoms with Crippen molar-refractivity contribution in [1.29, 1.82) is 0 Å². The molecule has 1 saturated carbocycles. The van der Waals surface area contributed by atoms with Gasteiger partial charge in [0.25, 0.3) is 5.91 Å². The van der Waals surface area contributed by atoms with Gasteiger partial charge in [0.15, 0.2) is 0 Å². The fourth-order valence-corrected chi connectivity index (χ4v) is 2.89. The van der Waals surface area contributed by atoms with Crippen molar-refractivity contribution >= 4 is 17.1 Å². The van der Waals surface area contributed by atoms with Gasteiger partial charge in [-0.15, -0.1) is 10.2 Å². The fourth-order valence-electron chi connectivity index (χ4n) is 2.89. The summed E-state index contributed by atoms with van der Waals surface area (Å²) in [5.74, 6) is -0.933. The van der Waals surface area contributed by atoms with Crippen LogP contribution in [0, 0.1) is 0 Å². The van der Waals surface area contributed by atoms with Gasteiger partial charge in [0, 0.05) is 18.2 Å². The molecule has 1 aliphatic carbocycles. The number of nitrogens with one attached hydrogen (secondary N) is 2. The zero-order valence-corrected chi connectivity index (χ0v) is 13.1. The van der Waals surface area contributed by atoms with Crippen molar-refractivity contribution in [3.05, 3.63) is 23.8 Å². The molecule has 0 aromatic carbocycles. The van der Waals surface area contributed by atoms with Gasteiger partial charge in [-0.2, -0.15) is 23.5 Å². The van der Waals surface area contributed by atoms with Gasteiger partial charge in [0.2, 0.25) is 5.82 Å². The first-order valence-electron chi connectivity index (χ1n) is 7.69. The van der Waals surface area contributed by atoms with E-state index in [1.807, 2.05) is 5.32 Å². The Labute approximate surface area is 139 Å². The molecule has 2 aliphatic rings. The van der Waals surface area contributed by atoms with Crippen LogP contribution in [0.4, 0.5) is 13.2 Å². The SMILES string of the molecule is CC1(C(F)(F)F)CC(c2cnn(C3CC3)c2)=C(c2nn[nH]n2)C(=O)N1. The molecule has 2 aromatic heterocycles. The van der Waals surface area contributed by atoms with E-state index in [9.17, 15) is 18.0 Å². The number of rotatable bonds is 3. The van der Waals surface area contributed by atoms with E-state index in [2.05, 4.69) is 25.7 Å². The van der Waals surface area contributed by atoms with E-state index in [-0.39, 0.29) is 23.0 Å². The molecule has 1 amide bonds. The van der Waals surface area contributed by atoms with Crippen molar-refractivity contribution in [2.24, 2.45) is 0 Å². The topological polar surface area (TPSA) is 101 Å². The molecule has 25 heavy (non-hydrogen) atoms. The van der Waals surface area contributed by atoms with Gasteiger partial charge in [-0.05, 0) is 30.6 Å². The van der Waals surface area contributed by atoms with Gasteiger partial charge in [0.1, 0.15) is 5.54 Å². The average Bonchev–Trinajstić information content (AvgIpc) is 3.04. The van der Waals surface area contributed by atoms with Crippen molar-refractivity contribution in [1.82, 2.24) is 35.7 Å². The van der Waals surface area contributed by atoms with Crippen molar-refractivity contribution in [3.63, 3.8) is 0 Å². The fraction of sp³-hybridized carbons (Fsp3) is 0.500. The van der Waals surface area contributed by atoms with Crippen LogP contribution in [0.25, 0.3) is 11.1 Å². The summed E-state index contributed by atoms with van der Waals surface area (Å²) in [7, 11) is 0. The van der Waals surface area contributed by atoms with Crippen LogP contribution >= 0.6 is 0 Å². The largest absolute Gasteiger partial charge is 0.411 e. The third-order valence-corrected chi connectivity index (χ3v) is 4.51. The van der Waals surface area contributed by atoms with Crippen LogP contribution in [0.2, 0.25) is 0 Å². The van der Waals surface area contributed by atoms with E-state index in [1.165, 1.54) is 6.20 Å². The molecule has 132 valence electrons. The Hall–Kier alpha value is -2.72. The Bertz CT molecular complexity index is 850. The van der Waals surface area contributed by atoms with Crippen molar-refractivity contribution in [2.75, 3.05) is 0 Å². The normalized spacial score (nSPS) is 24.6. The number of carbonyl (C=O) groups excluding carboxylic acids is 1. The second kappa shape index (κ2) is 5.14. The van der Waals surface area contributed by atoms with Crippen LogP contribution in [0.5, 0.6) is 0 Å². The summed E-state index contributed by atoms with van der Waals surface area (Å²) in [6.07, 6.45) is 0.0640. The number of hydrogen-bond acceptors (Lipinski definition) is 5. The minimum atomic E-state index is -4.61. The molecule has 4 rings (SSSR count). The van der Waals surface area contributed by atoms with Crippen LogP contribution in [-0.2, 0) is 4.79 Å². The smallest absolute Gasteiger partial charge is 0.338 e. The number of aromatic amines is 1. The summed E-state index contributed by atoms with van der Waals surface area (Å²) in [5.41, 5.74) is -1.74. The third kappa shape index (κ3) is 2.59.